The van der Waals surface area contributed by atoms with Crippen LogP contribution in [-0.2, 0) is 4.74 Å². The molecule has 0 aromatic carbocycles. The standard InChI is InChI=1S/C17H35N7O/c18-20-17(22-9-2-1-3-10-22)16(21-7-4-5-8-21)19-6-11-24(17)23-12-14-25-15-13-23/h16,19-20H,1-15,18H2. The molecule has 0 spiro atoms. The first-order valence-corrected chi connectivity index (χ1v) is 10.2. The van der Waals surface area contributed by atoms with E-state index in [0.29, 0.717) is 0 Å². The lowest BCUT2D eigenvalue weighted by molar-refractivity contribution is -0.258. The molecule has 4 aliphatic rings. The summed E-state index contributed by atoms with van der Waals surface area (Å²) in [6.45, 7) is 10.0. The summed E-state index contributed by atoms with van der Waals surface area (Å²) in [6, 6.07) is 0. The van der Waals surface area contributed by atoms with Crippen LogP contribution in [0, 0.1) is 0 Å². The number of nitrogens with two attached hydrogens (primary N) is 1. The van der Waals surface area contributed by atoms with E-state index in [1.54, 1.807) is 0 Å². The van der Waals surface area contributed by atoms with Gasteiger partial charge in [-0.25, -0.2) is 15.4 Å². The fourth-order valence-electron chi connectivity index (χ4n) is 5.11. The summed E-state index contributed by atoms with van der Waals surface area (Å²) in [4.78, 5) is 5.20. The zero-order valence-corrected chi connectivity index (χ0v) is 15.5. The van der Waals surface area contributed by atoms with Crippen molar-refractivity contribution in [3.05, 3.63) is 0 Å². The van der Waals surface area contributed by atoms with Crippen LogP contribution in [0.4, 0.5) is 0 Å². The first-order valence-electron chi connectivity index (χ1n) is 10.2. The first-order chi connectivity index (χ1) is 12.4. The number of nitrogens with zero attached hydrogens (tertiary/aromatic N) is 4. The highest BCUT2D eigenvalue weighted by Crippen LogP contribution is 2.32. The van der Waals surface area contributed by atoms with E-state index < -0.39 is 0 Å². The van der Waals surface area contributed by atoms with E-state index in [1.165, 1.54) is 32.1 Å². The van der Waals surface area contributed by atoms with E-state index in [9.17, 15) is 0 Å². The molecular formula is C17H35N7O. The Morgan fingerprint density at radius 2 is 1.56 bits per heavy atom. The van der Waals surface area contributed by atoms with E-state index >= 15 is 0 Å². The van der Waals surface area contributed by atoms with Gasteiger partial charge in [-0.3, -0.25) is 21.0 Å². The fourth-order valence-corrected chi connectivity index (χ4v) is 5.11. The van der Waals surface area contributed by atoms with Crippen molar-refractivity contribution in [3.8, 4) is 0 Å². The molecule has 8 nitrogen and oxygen atoms in total. The summed E-state index contributed by atoms with van der Waals surface area (Å²) in [5, 5.41) is 8.81. The van der Waals surface area contributed by atoms with Gasteiger partial charge >= 0.3 is 0 Å². The smallest absolute Gasteiger partial charge is 0.183 e. The number of hydrogen-bond donors (Lipinski definition) is 3. The van der Waals surface area contributed by atoms with Gasteiger partial charge in [-0.15, -0.1) is 0 Å². The van der Waals surface area contributed by atoms with Gasteiger partial charge in [0, 0.05) is 39.3 Å². The monoisotopic (exact) mass is 353 g/mol. The normalized spacial score (nSPS) is 37.6. The fraction of sp³-hybridized carbons (Fsp3) is 1.00. The zero-order chi connectivity index (χ0) is 17.1. The van der Waals surface area contributed by atoms with Crippen molar-refractivity contribution in [2.24, 2.45) is 5.84 Å². The molecule has 0 radical (unpaired) electrons. The molecule has 2 unspecified atom stereocenters. The number of piperidine rings is 1. The minimum atomic E-state index is -0.375. The predicted octanol–water partition coefficient (Wildman–Crippen LogP) is -0.836. The maximum atomic E-state index is 6.37. The van der Waals surface area contributed by atoms with Gasteiger partial charge in [-0.1, -0.05) is 6.42 Å². The molecule has 0 aliphatic carbocycles. The van der Waals surface area contributed by atoms with Crippen molar-refractivity contribution in [2.75, 3.05) is 65.6 Å². The van der Waals surface area contributed by atoms with Gasteiger partial charge in [0.1, 0.15) is 6.17 Å². The van der Waals surface area contributed by atoms with Crippen molar-refractivity contribution in [3.63, 3.8) is 0 Å². The van der Waals surface area contributed by atoms with Crippen LogP contribution in [0.3, 0.4) is 0 Å². The average molecular weight is 354 g/mol. The molecule has 4 saturated heterocycles. The summed E-state index contributed by atoms with van der Waals surface area (Å²) in [7, 11) is 0. The van der Waals surface area contributed by atoms with E-state index in [4.69, 9.17) is 10.6 Å². The maximum absolute atomic E-state index is 6.37. The van der Waals surface area contributed by atoms with Gasteiger partial charge in [0.2, 0.25) is 0 Å². The van der Waals surface area contributed by atoms with Crippen LogP contribution >= 0.6 is 0 Å². The summed E-state index contributed by atoms with van der Waals surface area (Å²) in [5.74, 6) is 5.99. The molecule has 0 saturated carbocycles. The second-order valence-corrected chi connectivity index (χ2v) is 7.71. The molecule has 4 fully saturated rings. The molecule has 25 heavy (non-hydrogen) atoms. The second-order valence-electron chi connectivity index (χ2n) is 7.71. The topological polar surface area (TPSA) is 72.3 Å². The maximum Gasteiger partial charge on any atom is 0.183 e. The van der Waals surface area contributed by atoms with Crippen molar-refractivity contribution in [2.45, 2.75) is 44.1 Å². The van der Waals surface area contributed by atoms with Gasteiger partial charge in [-0.05, 0) is 38.8 Å². The molecule has 0 bridgehead atoms. The van der Waals surface area contributed by atoms with Gasteiger partial charge in [-0.2, -0.15) is 0 Å². The highest BCUT2D eigenvalue weighted by atomic mass is 16.5. The molecule has 144 valence electrons. The number of ether oxygens (including phenoxy) is 1. The highest BCUT2D eigenvalue weighted by molar-refractivity contribution is 5.01. The van der Waals surface area contributed by atoms with E-state index in [-0.39, 0.29) is 12.0 Å². The quantitative estimate of drug-likeness (QED) is 0.447. The average Bonchev–Trinajstić information content (AvgIpc) is 3.23. The number of hydrogen-bond acceptors (Lipinski definition) is 8. The first kappa shape index (κ1) is 18.1. The van der Waals surface area contributed by atoms with Crippen LogP contribution in [-0.4, -0.2) is 97.3 Å². The lowest BCUT2D eigenvalue weighted by Crippen LogP contribution is -2.86. The number of morpholine rings is 1. The Bertz CT molecular complexity index is 421. The summed E-state index contributed by atoms with van der Waals surface area (Å²) in [5.41, 5.74) is 3.33. The van der Waals surface area contributed by atoms with Gasteiger partial charge in [0.15, 0.2) is 5.79 Å². The number of rotatable bonds is 4. The Labute approximate surface area is 151 Å². The van der Waals surface area contributed by atoms with Crippen LogP contribution < -0.4 is 16.6 Å². The Kier molecular flexibility index (Phi) is 5.88. The molecule has 8 heteroatoms. The lowest BCUT2D eigenvalue weighted by atomic mass is 10.0. The summed E-state index contributed by atoms with van der Waals surface area (Å²) < 4.78 is 5.60. The third-order valence-electron chi connectivity index (χ3n) is 6.32. The van der Waals surface area contributed by atoms with Crippen molar-refractivity contribution >= 4 is 0 Å². The molecule has 4 heterocycles. The Morgan fingerprint density at radius 3 is 2.24 bits per heavy atom. The molecule has 4 rings (SSSR count). The third kappa shape index (κ3) is 3.35. The van der Waals surface area contributed by atoms with E-state index in [2.05, 4.69) is 30.6 Å². The lowest BCUT2D eigenvalue weighted by Gasteiger charge is -2.61. The van der Waals surface area contributed by atoms with Crippen LogP contribution in [0.25, 0.3) is 0 Å². The van der Waals surface area contributed by atoms with Crippen molar-refractivity contribution in [1.29, 1.82) is 0 Å². The van der Waals surface area contributed by atoms with Crippen LogP contribution in [0.1, 0.15) is 32.1 Å². The van der Waals surface area contributed by atoms with Crippen LogP contribution in [0.15, 0.2) is 0 Å². The Morgan fingerprint density at radius 1 is 0.880 bits per heavy atom. The molecular weight excluding hydrogens is 318 g/mol. The van der Waals surface area contributed by atoms with Crippen LogP contribution in [0.5, 0.6) is 0 Å². The molecule has 0 amide bonds. The Balaban J connectivity index is 1.66. The molecule has 0 aromatic heterocycles. The Hall–Kier alpha value is -0.320. The minimum absolute atomic E-state index is 0.217. The van der Waals surface area contributed by atoms with Gasteiger partial charge < -0.3 is 4.74 Å². The van der Waals surface area contributed by atoms with Gasteiger partial charge in [0.05, 0.1) is 13.2 Å². The SMILES string of the molecule is NNC1(N2CCCCC2)C(N2CCCC2)NCCN1N1CCOCC1. The van der Waals surface area contributed by atoms with E-state index in [0.717, 1.165) is 65.6 Å². The van der Waals surface area contributed by atoms with Gasteiger partial charge in [0.25, 0.3) is 0 Å². The van der Waals surface area contributed by atoms with Crippen molar-refractivity contribution < 1.29 is 4.74 Å². The second kappa shape index (κ2) is 8.14. The minimum Gasteiger partial charge on any atom is -0.379 e. The number of piperazine rings is 1. The van der Waals surface area contributed by atoms with E-state index in [1.807, 2.05) is 0 Å². The zero-order valence-electron chi connectivity index (χ0n) is 15.5. The molecule has 0 aromatic rings. The molecule has 2 atom stereocenters. The highest BCUT2D eigenvalue weighted by Gasteiger charge is 2.54. The van der Waals surface area contributed by atoms with Crippen LogP contribution in [0.2, 0.25) is 0 Å². The number of likely N-dealkylation sites (tertiary alicyclic amines) is 2. The molecule has 4 N–H and O–H groups in total. The predicted molar refractivity (Wildman–Crippen MR) is 97.2 cm³/mol. The third-order valence-corrected chi connectivity index (χ3v) is 6.32. The van der Waals surface area contributed by atoms with Crippen molar-refractivity contribution in [1.82, 2.24) is 30.6 Å². The summed E-state index contributed by atoms with van der Waals surface area (Å²) >= 11 is 0. The largest absolute Gasteiger partial charge is 0.379 e. The molecule has 4 aliphatic heterocycles. The number of hydrazine groups is 2. The summed E-state index contributed by atoms with van der Waals surface area (Å²) in [6.07, 6.45) is 6.64. The number of nitrogens with one attached hydrogen (secondary N) is 2.